The van der Waals surface area contributed by atoms with Gasteiger partial charge in [0.05, 0.1) is 34.4 Å². The lowest BCUT2D eigenvalue weighted by molar-refractivity contribution is -0.870. The first-order valence-corrected chi connectivity index (χ1v) is 16.9. The van der Waals surface area contributed by atoms with Crippen LogP contribution in [0.4, 0.5) is 4.79 Å². The zero-order valence-electron chi connectivity index (χ0n) is 25.5. The Labute approximate surface area is 234 Å². The molecule has 0 aliphatic carbocycles. The van der Waals surface area contributed by atoms with Crippen molar-refractivity contribution in [3.63, 3.8) is 0 Å². The number of carbonyl (C=O) groups is 1. The van der Waals surface area contributed by atoms with Gasteiger partial charge < -0.3 is 19.4 Å². The van der Waals surface area contributed by atoms with Crippen LogP contribution < -0.4 is 5.32 Å². The van der Waals surface area contributed by atoms with E-state index in [9.17, 15) is 14.3 Å². The molecule has 2 N–H and O–H groups in total. The number of carbonyl (C=O) groups excluding carboxylic acids is 1. The number of phosphoric ester groups is 1. The summed E-state index contributed by atoms with van der Waals surface area (Å²) in [6, 6.07) is 0. The van der Waals surface area contributed by atoms with Crippen LogP contribution in [-0.2, 0) is 18.3 Å². The number of unbranched alkanes of at least 4 members (excludes halogenated alkanes) is 15. The Hall–Kier alpha value is -0.660. The number of nitrogens with zero attached hydrogens (tertiary/aromatic N) is 1. The molecular formula is C29H62N2O6P+. The van der Waals surface area contributed by atoms with Crippen molar-refractivity contribution < 1.29 is 32.5 Å². The minimum absolute atomic E-state index is 0.0241. The molecule has 0 fully saturated rings. The number of amides is 1. The van der Waals surface area contributed by atoms with E-state index in [2.05, 4.69) is 12.2 Å². The van der Waals surface area contributed by atoms with Crippen molar-refractivity contribution in [2.45, 2.75) is 123 Å². The Morgan fingerprint density at radius 2 is 1.24 bits per heavy atom. The van der Waals surface area contributed by atoms with E-state index in [4.69, 9.17) is 13.8 Å². The number of phosphoric acid groups is 1. The zero-order chi connectivity index (χ0) is 28.5. The van der Waals surface area contributed by atoms with E-state index in [0.717, 1.165) is 19.3 Å². The van der Waals surface area contributed by atoms with E-state index in [0.29, 0.717) is 17.6 Å². The molecule has 8 nitrogen and oxygen atoms in total. The number of rotatable bonds is 27. The third kappa shape index (κ3) is 26.9. The number of hydrogen-bond donors (Lipinski definition) is 2. The first-order chi connectivity index (χ1) is 18.1. The van der Waals surface area contributed by atoms with Gasteiger partial charge in [0.25, 0.3) is 0 Å². The molecular weight excluding hydrogens is 503 g/mol. The normalized spacial score (nSPS) is 14.3. The highest BCUT2D eigenvalue weighted by Gasteiger charge is 2.25. The monoisotopic (exact) mass is 565 g/mol. The third-order valence-corrected chi connectivity index (χ3v) is 7.71. The second kappa shape index (κ2) is 24.2. The van der Waals surface area contributed by atoms with Gasteiger partial charge in [-0.15, -0.1) is 0 Å². The quantitative estimate of drug-likeness (QED) is 0.0599. The highest BCUT2D eigenvalue weighted by molar-refractivity contribution is 7.47. The number of hydrogen-bond acceptors (Lipinski definition) is 5. The van der Waals surface area contributed by atoms with E-state index < -0.39 is 13.9 Å². The van der Waals surface area contributed by atoms with Gasteiger partial charge in [-0.25, -0.2) is 9.36 Å². The highest BCUT2D eigenvalue weighted by atomic mass is 31.2. The van der Waals surface area contributed by atoms with Crippen molar-refractivity contribution >= 4 is 13.9 Å². The van der Waals surface area contributed by atoms with Crippen LogP contribution in [0.5, 0.6) is 0 Å². The highest BCUT2D eigenvalue weighted by Crippen LogP contribution is 2.43. The van der Waals surface area contributed by atoms with Crippen LogP contribution in [0.15, 0.2) is 0 Å². The van der Waals surface area contributed by atoms with Crippen molar-refractivity contribution in [3.8, 4) is 0 Å². The van der Waals surface area contributed by atoms with Crippen LogP contribution in [0, 0.1) is 5.92 Å². The molecule has 0 rings (SSSR count). The van der Waals surface area contributed by atoms with Crippen LogP contribution in [-0.4, -0.2) is 69.5 Å². The Kier molecular flexibility index (Phi) is 23.7. The lowest BCUT2D eigenvalue weighted by Crippen LogP contribution is -2.37. The average molecular weight is 566 g/mol. The first-order valence-electron chi connectivity index (χ1n) is 15.4. The molecule has 9 heteroatoms. The molecule has 0 aromatic carbocycles. The predicted octanol–water partition coefficient (Wildman–Crippen LogP) is 7.84. The number of likely N-dealkylation sites (N-methyl/N-ethyl adjacent to an activating group) is 1. The topological polar surface area (TPSA) is 94.1 Å². The summed E-state index contributed by atoms with van der Waals surface area (Å²) in [4.78, 5) is 21.7. The van der Waals surface area contributed by atoms with Crippen molar-refractivity contribution in [2.24, 2.45) is 5.92 Å². The SMILES string of the molecule is CCCCCCCCCCCCCCCCCCC(COC(=O)NCC)COP(=O)(O)OCC[N+](C)(C)C. The summed E-state index contributed by atoms with van der Waals surface area (Å²) >= 11 is 0. The number of nitrogens with one attached hydrogen (secondary N) is 1. The molecule has 38 heavy (non-hydrogen) atoms. The largest absolute Gasteiger partial charge is 0.472 e. The van der Waals surface area contributed by atoms with E-state index >= 15 is 0 Å². The summed E-state index contributed by atoms with van der Waals surface area (Å²) in [5.41, 5.74) is 0. The lowest BCUT2D eigenvalue weighted by Gasteiger charge is -2.24. The van der Waals surface area contributed by atoms with Crippen LogP contribution in [0.3, 0.4) is 0 Å². The summed E-state index contributed by atoms with van der Waals surface area (Å²) in [6.07, 6.45) is 21.3. The minimum Gasteiger partial charge on any atom is -0.449 e. The molecule has 0 bridgehead atoms. The van der Waals surface area contributed by atoms with E-state index in [1.807, 2.05) is 28.1 Å². The van der Waals surface area contributed by atoms with Gasteiger partial charge >= 0.3 is 13.9 Å². The van der Waals surface area contributed by atoms with E-state index in [1.54, 1.807) is 0 Å². The second-order valence-electron chi connectivity index (χ2n) is 11.7. The van der Waals surface area contributed by atoms with Crippen molar-refractivity contribution in [2.75, 3.05) is 54.1 Å². The van der Waals surface area contributed by atoms with Crippen LogP contribution in [0.1, 0.15) is 123 Å². The fraction of sp³-hybridized carbons (Fsp3) is 0.966. The Bertz CT molecular complexity index is 600. The molecule has 0 aromatic rings. The van der Waals surface area contributed by atoms with Crippen LogP contribution >= 0.6 is 7.82 Å². The van der Waals surface area contributed by atoms with Crippen LogP contribution in [0.25, 0.3) is 0 Å². The van der Waals surface area contributed by atoms with Gasteiger partial charge in [0.1, 0.15) is 13.2 Å². The lowest BCUT2D eigenvalue weighted by atomic mass is 10.0. The molecule has 228 valence electrons. The standard InChI is InChI=1S/C29H61N2O6P/c1-6-8-9-10-11-12-13-14-15-16-17-18-19-20-21-22-23-28(26-35-29(32)30-7-2)27-37-38(33,34)36-25-24-31(3,4)5/h28H,6-27H2,1-5H3,(H-,30,32,33,34)/p+1. The molecule has 0 radical (unpaired) electrons. The first kappa shape index (κ1) is 37.3. The molecule has 0 saturated carbocycles. The van der Waals surface area contributed by atoms with Crippen molar-refractivity contribution in [1.29, 1.82) is 0 Å². The Morgan fingerprint density at radius 1 is 0.763 bits per heavy atom. The molecule has 2 unspecified atom stereocenters. The van der Waals surface area contributed by atoms with E-state index in [1.165, 1.54) is 89.9 Å². The molecule has 0 aliphatic heterocycles. The summed E-state index contributed by atoms with van der Waals surface area (Å²) in [6.45, 7) is 5.50. The Balaban J connectivity index is 4.01. The van der Waals surface area contributed by atoms with Crippen molar-refractivity contribution in [1.82, 2.24) is 5.32 Å². The smallest absolute Gasteiger partial charge is 0.449 e. The van der Waals surface area contributed by atoms with E-state index in [-0.39, 0.29) is 25.7 Å². The molecule has 0 saturated heterocycles. The summed E-state index contributed by atoms with van der Waals surface area (Å²) < 4.78 is 28.5. The van der Waals surface area contributed by atoms with Gasteiger partial charge in [0, 0.05) is 12.5 Å². The van der Waals surface area contributed by atoms with Gasteiger partial charge in [0.2, 0.25) is 0 Å². The van der Waals surface area contributed by atoms with Gasteiger partial charge in [-0.05, 0) is 13.3 Å². The molecule has 0 aromatic heterocycles. The Morgan fingerprint density at radius 3 is 1.68 bits per heavy atom. The average Bonchev–Trinajstić information content (AvgIpc) is 2.84. The summed E-state index contributed by atoms with van der Waals surface area (Å²) in [5, 5.41) is 2.61. The minimum atomic E-state index is -4.13. The van der Waals surface area contributed by atoms with Crippen LogP contribution in [0.2, 0.25) is 0 Å². The molecule has 0 aliphatic rings. The maximum absolute atomic E-state index is 12.3. The fourth-order valence-electron chi connectivity index (χ4n) is 4.25. The van der Waals surface area contributed by atoms with Gasteiger partial charge in [-0.3, -0.25) is 9.05 Å². The third-order valence-electron chi connectivity index (χ3n) is 6.73. The fourth-order valence-corrected chi connectivity index (χ4v) is 5.04. The second-order valence-corrected chi connectivity index (χ2v) is 13.2. The molecule has 0 heterocycles. The van der Waals surface area contributed by atoms with Gasteiger partial charge in [-0.1, -0.05) is 110 Å². The maximum atomic E-state index is 12.3. The van der Waals surface area contributed by atoms with Gasteiger partial charge in [-0.2, -0.15) is 0 Å². The molecule has 0 spiro atoms. The predicted molar refractivity (Wildman–Crippen MR) is 157 cm³/mol. The van der Waals surface area contributed by atoms with Gasteiger partial charge in [0.15, 0.2) is 0 Å². The number of quaternary nitrogens is 1. The maximum Gasteiger partial charge on any atom is 0.472 e. The number of ether oxygens (including phenoxy) is 1. The zero-order valence-corrected chi connectivity index (χ0v) is 26.4. The molecule has 1 amide bonds. The van der Waals surface area contributed by atoms with Crippen molar-refractivity contribution in [3.05, 3.63) is 0 Å². The number of alkyl carbamates (subject to hydrolysis) is 1. The molecule has 2 atom stereocenters. The summed E-state index contributed by atoms with van der Waals surface area (Å²) in [7, 11) is 1.82. The summed E-state index contributed by atoms with van der Waals surface area (Å²) in [5.74, 6) is -0.147.